The molecule has 0 atom stereocenters. The third-order valence-electron chi connectivity index (χ3n) is 4.88. The molecule has 0 aliphatic carbocycles. The Bertz CT molecular complexity index is 866. The van der Waals surface area contributed by atoms with Crippen LogP contribution in [0.2, 0.25) is 0 Å². The lowest BCUT2D eigenvalue weighted by Crippen LogP contribution is -2.18. The Morgan fingerprint density at radius 1 is 0.931 bits per heavy atom. The van der Waals surface area contributed by atoms with Gasteiger partial charge in [-0.15, -0.1) is 0 Å². The number of phenols is 1. The number of carbonyl (C=O) groups is 2. The van der Waals surface area contributed by atoms with Crippen LogP contribution in [0.5, 0.6) is 5.75 Å². The summed E-state index contributed by atoms with van der Waals surface area (Å²) in [6.07, 6.45) is 0.882. The minimum Gasteiger partial charge on any atom is -0.507 e. The summed E-state index contributed by atoms with van der Waals surface area (Å²) in [5, 5.41) is 13.6. The lowest BCUT2D eigenvalue weighted by atomic mass is 9.78. The molecular formula is C24H32N2O3. The van der Waals surface area contributed by atoms with E-state index in [2.05, 4.69) is 46.9 Å². The second kappa shape index (κ2) is 8.27. The van der Waals surface area contributed by atoms with Gasteiger partial charge in [-0.2, -0.15) is 0 Å². The van der Waals surface area contributed by atoms with Gasteiger partial charge in [0.2, 0.25) is 11.8 Å². The van der Waals surface area contributed by atoms with E-state index in [1.165, 1.54) is 0 Å². The average Bonchev–Trinajstić information content (AvgIpc) is 2.59. The largest absolute Gasteiger partial charge is 0.507 e. The Morgan fingerprint density at radius 3 is 1.83 bits per heavy atom. The van der Waals surface area contributed by atoms with E-state index < -0.39 is 5.91 Å². The monoisotopic (exact) mass is 396 g/mol. The number of anilines is 1. The smallest absolute Gasteiger partial charge is 0.248 e. The summed E-state index contributed by atoms with van der Waals surface area (Å²) in [7, 11) is 0. The number of rotatable bonds is 5. The SMILES string of the molecule is CC(C)(C)c1cc(CCC(=O)Nc2ccc(C(N)=O)cc2)cc(C(C)(C)C)c1O. The number of carbonyl (C=O) groups excluding carboxylic acids is 2. The topological polar surface area (TPSA) is 92.4 Å². The molecule has 0 heterocycles. The molecule has 29 heavy (non-hydrogen) atoms. The van der Waals surface area contributed by atoms with Crippen molar-refractivity contribution in [3.63, 3.8) is 0 Å². The van der Waals surface area contributed by atoms with Crippen LogP contribution < -0.4 is 11.1 Å². The minimum absolute atomic E-state index is 0.112. The van der Waals surface area contributed by atoms with E-state index in [4.69, 9.17) is 5.73 Å². The number of hydrogen-bond acceptors (Lipinski definition) is 3. The molecule has 2 aromatic rings. The van der Waals surface area contributed by atoms with Crippen LogP contribution in [0, 0.1) is 0 Å². The Balaban J connectivity index is 2.17. The fraction of sp³-hybridized carbons (Fsp3) is 0.417. The lowest BCUT2D eigenvalue weighted by Gasteiger charge is -2.28. The van der Waals surface area contributed by atoms with Crippen molar-refractivity contribution >= 4 is 17.5 Å². The number of benzene rings is 2. The van der Waals surface area contributed by atoms with Gasteiger partial charge in [0.1, 0.15) is 5.75 Å². The number of nitrogens with two attached hydrogens (primary N) is 1. The minimum atomic E-state index is -0.500. The summed E-state index contributed by atoms with van der Waals surface area (Å²) < 4.78 is 0. The van der Waals surface area contributed by atoms with Gasteiger partial charge in [-0.25, -0.2) is 0 Å². The highest BCUT2D eigenvalue weighted by Crippen LogP contribution is 2.40. The van der Waals surface area contributed by atoms with Crippen LogP contribution in [0.4, 0.5) is 5.69 Å². The molecule has 2 aromatic carbocycles. The Morgan fingerprint density at radius 2 is 1.41 bits per heavy atom. The first-order valence-corrected chi connectivity index (χ1v) is 9.85. The van der Waals surface area contributed by atoms with Crippen molar-refractivity contribution in [2.24, 2.45) is 5.73 Å². The molecule has 0 aromatic heterocycles. The van der Waals surface area contributed by atoms with Gasteiger partial charge in [0.25, 0.3) is 0 Å². The van der Waals surface area contributed by atoms with Crippen LogP contribution in [-0.2, 0) is 22.0 Å². The van der Waals surface area contributed by atoms with Crippen molar-refractivity contribution < 1.29 is 14.7 Å². The molecule has 0 spiro atoms. The maximum atomic E-state index is 12.4. The normalized spacial score (nSPS) is 11.9. The number of hydrogen-bond donors (Lipinski definition) is 3. The maximum Gasteiger partial charge on any atom is 0.248 e. The van der Waals surface area contributed by atoms with Crippen LogP contribution in [0.3, 0.4) is 0 Å². The summed E-state index contributed by atoms with van der Waals surface area (Å²) in [5.41, 5.74) is 8.65. The predicted molar refractivity (Wildman–Crippen MR) is 117 cm³/mol. The number of amides is 2. The van der Waals surface area contributed by atoms with Crippen molar-refractivity contribution in [3.8, 4) is 5.75 Å². The second-order valence-corrected chi connectivity index (χ2v) is 9.53. The van der Waals surface area contributed by atoms with Gasteiger partial charge < -0.3 is 16.2 Å². The van der Waals surface area contributed by atoms with Gasteiger partial charge in [-0.1, -0.05) is 53.7 Å². The molecule has 0 saturated carbocycles. The van der Waals surface area contributed by atoms with Crippen LogP contribution in [0.1, 0.15) is 75.0 Å². The van der Waals surface area contributed by atoms with Gasteiger partial charge in [0.05, 0.1) is 0 Å². The van der Waals surface area contributed by atoms with Crippen LogP contribution in [0.15, 0.2) is 36.4 Å². The number of phenolic OH excluding ortho intramolecular Hbond substituents is 1. The molecule has 0 saturated heterocycles. The van der Waals surface area contributed by atoms with Gasteiger partial charge in [0, 0.05) is 17.7 Å². The molecule has 5 nitrogen and oxygen atoms in total. The second-order valence-electron chi connectivity index (χ2n) is 9.53. The van der Waals surface area contributed by atoms with E-state index >= 15 is 0 Å². The summed E-state index contributed by atoms with van der Waals surface area (Å²) >= 11 is 0. The highest BCUT2D eigenvalue weighted by Gasteiger charge is 2.26. The molecule has 0 aliphatic heterocycles. The van der Waals surface area contributed by atoms with Crippen molar-refractivity contribution in [3.05, 3.63) is 58.7 Å². The third kappa shape index (κ3) is 5.83. The van der Waals surface area contributed by atoms with Gasteiger partial charge in [-0.05, 0) is 58.2 Å². The zero-order chi connectivity index (χ0) is 22.0. The van der Waals surface area contributed by atoms with Crippen LogP contribution >= 0.6 is 0 Å². The van der Waals surface area contributed by atoms with E-state index in [9.17, 15) is 14.7 Å². The zero-order valence-corrected chi connectivity index (χ0v) is 18.2. The Labute approximate surface area is 173 Å². The van der Waals surface area contributed by atoms with Crippen molar-refractivity contribution in [1.29, 1.82) is 0 Å². The molecule has 2 rings (SSSR count). The van der Waals surface area contributed by atoms with Gasteiger partial charge >= 0.3 is 0 Å². The summed E-state index contributed by atoms with van der Waals surface area (Å²) in [6, 6.07) is 10.5. The fourth-order valence-corrected chi connectivity index (χ4v) is 3.18. The van der Waals surface area contributed by atoms with Crippen LogP contribution in [0.25, 0.3) is 0 Å². The highest BCUT2D eigenvalue weighted by atomic mass is 16.3. The van der Waals surface area contributed by atoms with E-state index in [1.54, 1.807) is 24.3 Å². The molecule has 4 N–H and O–H groups in total. The highest BCUT2D eigenvalue weighted by molar-refractivity contribution is 5.94. The van der Waals surface area contributed by atoms with Gasteiger partial charge in [0.15, 0.2) is 0 Å². The number of primary amides is 1. The number of aryl methyl sites for hydroxylation is 1. The first-order valence-electron chi connectivity index (χ1n) is 9.85. The first-order chi connectivity index (χ1) is 13.3. The van der Waals surface area contributed by atoms with Crippen molar-refractivity contribution in [2.45, 2.75) is 65.2 Å². The maximum absolute atomic E-state index is 12.4. The average molecular weight is 397 g/mol. The van der Waals surface area contributed by atoms with E-state index in [0.717, 1.165) is 16.7 Å². The molecule has 156 valence electrons. The molecule has 0 unspecified atom stereocenters. The van der Waals surface area contributed by atoms with E-state index in [1.807, 2.05) is 12.1 Å². The van der Waals surface area contributed by atoms with Crippen molar-refractivity contribution in [2.75, 3.05) is 5.32 Å². The standard InChI is InChI=1S/C24H32N2O3/c1-23(2,3)18-13-15(14-19(21(18)28)24(4,5)6)7-12-20(27)26-17-10-8-16(9-11-17)22(25)29/h8-11,13-14,28H,7,12H2,1-6H3,(H2,25,29)(H,26,27). The molecule has 0 bridgehead atoms. The van der Waals surface area contributed by atoms with E-state index in [-0.39, 0.29) is 16.7 Å². The lowest BCUT2D eigenvalue weighted by molar-refractivity contribution is -0.116. The summed E-state index contributed by atoms with van der Waals surface area (Å²) in [5.74, 6) is -0.272. The molecule has 0 radical (unpaired) electrons. The number of aromatic hydroxyl groups is 1. The Hall–Kier alpha value is -2.82. The van der Waals surface area contributed by atoms with Crippen molar-refractivity contribution in [1.82, 2.24) is 0 Å². The Kier molecular flexibility index (Phi) is 6.41. The first kappa shape index (κ1) is 22.5. The van der Waals surface area contributed by atoms with E-state index in [0.29, 0.717) is 29.8 Å². The predicted octanol–water partition coefficient (Wildman–Crippen LogP) is 4.66. The third-order valence-corrected chi connectivity index (χ3v) is 4.88. The molecular weight excluding hydrogens is 364 g/mol. The molecule has 5 heteroatoms. The quantitative estimate of drug-likeness (QED) is 0.686. The van der Waals surface area contributed by atoms with Crippen LogP contribution in [-0.4, -0.2) is 16.9 Å². The molecule has 0 fully saturated rings. The van der Waals surface area contributed by atoms with Gasteiger partial charge in [-0.3, -0.25) is 9.59 Å². The number of nitrogens with one attached hydrogen (secondary N) is 1. The zero-order valence-electron chi connectivity index (χ0n) is 18.2. The summed E-state index contributed by atoms with van der Waals surface area (Å²) in [4.78, 5) is 23.5. The fourth-order valence-electron chi connectivity index (χ4n) is 3.18. The molecule has 0 aliphatic rings. The molecule has 2 amide bonds. The summed E-state index contributed by atoms with van der Waals surface area (Å²) in [6.45, 7) is 12.4.